The van der Waals surface area contributed by atoms with Crippen molar-refractivity contribution in [1.82, 2.24) is 14.4 Å². The molecule has 0 spiro atoms. The van der Waals surface area contributed by atoms with Gasteiger partial charge in [0, 0.05) is 18.6 Å². The topological polar surface area (TPSA) is 66.7 Å². The van der Waals surface area contributed by atoms with Gasteiger partial charge in [0.25, 0.3) is 0 Å². The molecule has 0 saturated heterocycles. The monoisotopic (exact) mass is 566 g/mol. The molecule has 6 nitrogen and oxygen atoms in total. The van der Waals surface area contributed by atoms with Crippen LogP contribution in [-0.2, 0) is 23.6 Å². The number of pyridine rings is 3. The molecule has 4 rings (SSSR count). The van der Waals surface area contributed by atoms with Crippen molar-refractivity contribution in [3.05, 3.63) is 85.1 Å². The standard InChI is InChI=1S/C21H20N5O.Cu.F6P/c27-19(14-22-13-17-7-1-4-10-23-17)16-25-15-18-8-3-6-12-26(18)21(25)20-9-2-5-11-24-20;;1-7(2,3,4,5)6/h1-13,15,19,27H,14,16H2;;/q+1;+2;-1/t19-;;/m1../s1. The molecule has 0 aliphatic rings. The first-order valence-corrected chi connectivity index (χ1v) is 11.9. The number of aliphatic hydroxyl groups excluding tert-OH is 1. The van der Waals surface area contributed by atoms with E-state index < -0.39 is 13.9 Å². The molecule has 14 heteroatoms. The van der Waals surface area contributed by atoms with Crippen molar-refractivity contribution >= 4 is 19.5 Å². The van der Waals surface area contributed by atoms with Crippen LogP contribution >= 0.6 is 7.81 Å². The van der Waals surface area contributed by atoms with E-state index in [9.17, 15) is 30.3 Å². The molecule has 1 N–H and O–H groups in total. The third-order valence-electron chi connectivity index (χ3n) is 4.21. The molecule has 0 aromatic carbocycles. The number of imidazole rings is 1. The summed E-state index contributed by atoms with van der Waals surface area (Å²) in [5.74, 6) is 0.930. The van der Waals surface area contributed by atoms with Crippen LogP contribution in [0.3, 0.4) is 0 Å². The molecule has 1 radical (unpaired) electrons. The van der Waals surface area contributed by atoms with Crippen LogP contribution in [-0.4, -0.2) is 38.3 Å². The third-order valence-corrected chi connectivity index (χ3v) is 4.21. The number of fused-ring (bicyclic) bond motifs is 1. The first kappa shape index (κ1) is 28.4. The maximum Gasteiger partial charge on any atom is 2.00 e. The second-order valence-electron chi connectivity index (χ2n) is 7.18. The Bertz CT molecular complexity index is 1260. The van der Waals surface area contributed by atoms with E-state index in [2.05, 4.69) is 19.4 Å². The summed E-state index contributed by atoms with van der Waals surface area (Å²) in [4.78, 5) is 13.0. The van der Waals surface area contributed by atoms with Crippen LogP contribution in [0.2, 0.25) is 0 Å². The van der Waals surface area contributed by atoms with Crippen molar-refractivity contribution in [2.75, 3.05) is 6.54 Å². The van der Waals surface area contributed by atoms with E-state index in [1.54, 1.807) is 18.6 Å². The molecule has 0 aliphatic heterocycles. The molecule has 4 aromatic rings. The Balaban J connectivity index is 0.000000476. The van der Waals surface area contributed by atoms with Crippen molar-refractivity contribution in [2.45, 2.75) is 12.6 Å². The van der Waals surface area contributed by atoms with Crippen LogP contribution in [0.25, 0.3) is 17.0 Å². The van der Waals surface area contributed by atoms with Gasteiger partial charge < -0.3 is 5.11 Å². The number of nitrogens with zero attached hydrogens (tertiary/aromatic N) is 5. The van der Waals surface area contributed by atoms with E-state index in [1.807, 2.05) is 71.6 Å². The molecule has 35 heavy (non-hydrogen) atoms. The number of rotatable bonds is 6. The van der Waals surface area contributed by atoms with Gasteiger partial charge in [0.15, 0.2) is 11.2 Å². The summed E-state index contributed by atoms with van der Waals surface area (Å²) in [5, 5.41) is 10.5. The predicted octanol–water partition coefficient (Wildman–Crippen LogP) is 5.54. The normalized spacial score (nSPS) is 14.4. The van der Waals surface area contributed by atoms with Gasteiger partial charge in [-0.1, -0.05) is 18.2 Å². The van der Waals surface area contributed by atoms with E-state index in [1.165, 1.54) is 0 Å². The Morgan fingerprint density at radius 2 is 1.57 bits per heavy atom. The number of hydrogen-bond acceptors (Lipinski definition) is 4. The molecule has 0 saturated carbocycles. The number of hydrogen-bond donors (Lipinski definition) is 1. The van der Waals surface area contributed by atoms with E-state index >= 15 is 0 Å². The van der Waals surface area contributed by atoms with Gasteiger partial charge in [-0.15, -0.1) is 0 Å². The van der Waals surface area contributed by atoms with Crippen LogP contribution in [0.5, 0.6) is 0 Å². The summed E-state index contributed by atoms with van der Waals surface area (Å²) in [6, 6.07) is 17.5. The zero-order valence-corrected chi connectivity index (χ0v) is 19.6. The van der Waals surface area contributed by atoms with Gasteiger partial charge in [-0.05, 0) is 36.4 Å². The fourth-order valence-corrected chi connectivity index (χ4v) is 3.02. The quantitative estimate of drug-likeness (QED) is 0.110. The van der Waals surface area contributed by atoms with Crippen LogP contribution < -0.4 is 4.57 Å². The van der Waals surface area contributed by atoms with Crippen molar-refractivity contribution in [2.24, 2.45) is 4.99 Å². The summed E-state index contributed by atoms with van der Waals surface area (Å²) in [7, 11) is -10.7. The number of aliphatic hydroxyl groups is 1. The average Bonchev–Trinajstić information content (AvgIpc) is 3.10. The van der Waals surface area contributed by atoms with Gasteiger partial charge in [0.05, 0.1) is 18.4 Å². The first-order valence-electron chi connectivity index (χ1n) is 9.82. The zero-order chi connectivity index (χ0) is 24.9. The Morgan fingerprint density at radius 3 is 2.17 bits per heavy atom. The predicted molar refractivity (Wildman–Crippen MR) is 117 cm³/mol. The Hall–Kier alpha value is -2.85. The fourth-order valence-electron chi connectivity index (χ4n) is 3.02. The minimum absolute atomic E-state index is 0. The minimum Gasteiger partial charge on any atom is -0.387 e. The Labute approximate surface area is 206 Å². The van der Waals surface area contributed by atoms with Crippen LogP contribution in [0, 0.1) is 0 Å². The van der Waals surface area contributed by atoms with E-state index in [0.29, 0.717) is 13.1 Å². The molecular formula is C21H20CuF6N5OP+2. The van der Waals surface area contributed by atoms with Crippen molar-refractivity contribution in [1.29, 1.82) is 0 Å². The molecule has 0 fully saturated rings. The van der Waals surface area contributed by atoms with Crippen molar-refractivity contribution in [3.8, 4) is 11.5 Å². The molecule has 1 atom stereocenters. The Kier molecular flexibility index (Phi) is 8.44. The zero-order valence-electron chi connectivity index (χ0n) is 17.8. The molecule has 4 heterocycles. The van der Waals surface area contributed by atoms with Gasteiger partial charge in [-0.2, -0.15) is 4.40 Å². The van der Waals surface area contributed by atoms with E-state index in [-0.39, 0.29) is 17.1 Å². The summed E-state index contributed by atoms with van der Waals surface area (Å²) in [6.45, 7) is 0.727. The molecule has 0 aliphatic carbocycles. The van der Waals surface area contributed by atoms with Gasteiger partial charge in [-0.25, -0.2) is 9.55 Å². The van der Waals surface area contributed by atoms with Crippen molar-refractivity contribution in [3.63, 3.8) is 0 Å². The summed E-state index contributed by atoms with van der Waals surface area (Å²) in [6.07, 6.45) is 8.59. The Morgan fingerprint density at radius 1 is 0.943 bits per heavy atom. The smallest absolute Gasteiger partial charge is 0.387 e. The second kappa shape index (κ2) is 10.4. The van der Waals surface area contributed by atoms with E-state index in [0.717, 1.165) is 22.7 Å². The third kappa shape index (κ3) is 10.5. The van der Waals surface area contributed by atoms with Crippen molar-refractivity contribution < 1.29 is 51.9 Å². The van der Waals surface area contributed by atoms with Gasteiger partial charge in [0.1, 0.15) is 18.8 Å². The van der Waals surface area contributed by atoms with Gasteiger partial charge in [-0.3, -0.25) is 9.98 Å². The largest absolute Gasteiger partial charge is 2.00 e. The molecule has 0 unspecified atom stereocenters. The van der Waals surface area contributed by atoms with Gasteiger partial charge in [0.2, 0.25) is 0 Å². The molecule has 0 amide bonds. The molecular weight excluding hydrogens is 547 g/mol. The van der Waals surface area contributed by atoms with E-state index in [4.69, 9.17) is 0 Å². The van der Waals surface area contributed by atoms with Crippen LogP contribution in [0.4, 0.5) is 25.2 Å². The SMILES string of the molecule is F[P-](F)(F)(F)(F)F.O[C@H](CN=Cc1ccccn1)C[n+]1cc2ccccn2c1-c1ccccn1.[Cu+2]. The number of halogens is 6. The van der Waals surface area contributed by atoms with Gasteiger partial charge >= 0.3 is 55.9 Å². The van der Waals surface area contributed by atoms with Crippen LogP contribution in [0.15, 0.2) is 84.4 Å². The molecule has 191 valence electrons. The summed E-state index contributed by atoms with van der Waals surface area (Å²) >= 11 is 0. The minimum atomic E-state index is -10.7. The number of aromatic nitrogens is 4. The average molecular weight is 567 g/mol. The summed E-state index contributed by atoms with van der Waals surface area (Å²) in [5.41, 5.74) is 2.68. The summed E-state index contributed by atoms with van der Waals surface area (Å²) < 4.78 is 63.3. The maximum atomic E-state index is 10.5. The second-order valence-corrected chi connectivity index (χ2v) is 9.09. The maximum absolute atomic E-state index is 10.7. The first-order chi connectivity index (χ1) is 15.8. The number of aliphatic imine (C=N–C) groups is 1. The van der Waals surface area contributed by atoms with Crippen LogP contribution in [0.1, 0.15) is 5.69 Å². The molecule has 0 bridgehead atoms. The molecule has 4 aromatic heterocycles. The fraction of sp³-hybridized carbons (Fsp3) is 0.143.